The van der Waals surface area contributed by atoms with Gasteiger partial charge in [0.2, 0.25) is 0 Å². The van der Waals surface area contributed by atoms with Crippen molar-refractivity contribution in [2.45, 2.75) is 45.1 Å². The van der Waals surface area contributed by atoms with E-state index >= 15 is 0 Å². The van der Waals surface area contributed by atoms with Crippen LogP contribution in [0.15, 0.2) is 10.9 Å². The number of hydrogen-bond acceptors (Lipinski definition) is 2. The molecule has 1 aliphatic rings. The van der Waals surface area contributed by atoms with Crippen molar-refractivity contribution in [1.82, 2.24) is 10.3 Å². The molecule has 1 saturated carbocycles. The fourth-order valence-corrected chi connectivity index (χ4v) is 2.59. The molecule has 0 unspecified atom stereocenters. The number of amides is 1. The highest BCUT2D eigenvalue weighted by atomic mass is 35.5. The average Bonchev–Trinajstić information content (AvgIpc) is 2.84. The lowest BCUT2D eigenvalue weighted by molar-refractivity contribution is 0.0936. The number of aromatic nitrogens is 1. The molecule has 4 nitrogen and oxygen atoms in total. The van der Waals surface area contributed by atoms with Gasteiger partial charge >= 0.3 is 0 Å². The molecule has 98 valence electrons. The van der Waals surface area contributed by atoms with E-state index < -0.39 is 0 Å². The Hall–Kier alpha value is -1.29. The van der Waals surface area contributed by atoms with Crippen LogP contribution in [0, 0.1) is 0 Å². The minimum absolute atomic E-state index is 0.101. The molecule has 2 N–H and O–H groups in total. The quantitative estimate of drug-likeness (QED) is 0.883. The van der Waals surface area contributed by atoms with Gasteiger partial charge in [-0.1, -0.05) is 31.4 Å². The van der Waals surface area contributed by atoms with Gasteiger partial charge in [-0.15, -0.1) is 0 Å². The van der Waals surface area contributed by atoms with Gasteiger partial charge in [-0.2, -0.15) is 0 Å². The van der Waals surface area contributed by atoms with Crippen LogP contribution in [0.3, 0.4) is 0 Å². The predicted molar refractivity (Wildman–Crippen MR) is 71.2 cm³/mol. The van der Waals surface area contributed by atoms with Crippen LogP contribution in [0.1, 0.15) is 48.7 Å². The van der Waals surface area contributed by atoms with Crippen LogP contribution in [0.4, 0.5) is 0 Å². The number of pyridine rings is 1. The van der Waals surface area contributed by atoms with Gasteiger partial charge in [0.05, 0.1) is 5.02 Å². The Morgan fingerprint density at radius 1 is 1.50 bits per heavy atom. The lowest BCUT2D eigenvalue weighted by Crippen LogP contribution is -2.36. The molecule has 0 bridgehead atoms. The summed E-state index contributed by atoms with van der Waals surface area (Å²) in [4.78, 5) is 26.4. The minimum atomic E-state index is -0.369. The van der Waals surface area contributed by atoms with Gasteiger partial charge in [-0.3, -0.25) is 9.59 Å². The number of hydrogen-bond donors (Lipinski definition) is 2. The molecule has 1 heterocycles. The van der Waals surface area contributed by atoms with Gasteiger partial charge in [0.15, 0.2) is 0 Å². The largest absolute Gasteiger partial charge is 0.349 e. The molecule has 1 aliphatic carbocycles. The highest BCUT2D eigenvalue weighted by molar-refractivity contribution is 6.31. The molecule has 1 fully saturated rings. The van der Waals surface area contributed by atoms with E-state index in [1.54, 1.807) is 0 Å². The summed E-state index contributed by atoms with van der Waals surface area (Å²) in [5.74, 6) is -0.326. The maximum Gasteiger partial charge on any atom is 0.261 e. The van der Waals surface area contributed by atoms with E-state index in [9.17, 15) is 9.59 Å². The highest BCUT2D eigenvalue weighted by Crippen LogP contribution is 2.18. The zero-order chi connectivity index (χ0) is 13.1. The molecule has 0 saturated heterocycles. The molecule has 0 radical (unpaired) electrons. The molecule has 1 aromatic heterocycles. The van der Waals surface area contributed by atoms with Gasteiger partial charge in [0, 0.05) is 11.7 Å². The maximum atomic E-state index is 12.0. The lowest BCUT2D eigenvalue weighted by atomic mass is 10.2. The highest BCUT2D eigenvalue weighted by Gasteiger charge is 2.20. The van der Waals surface area contributed by atoms with E-state index in [0.29, 0.717) is 17.1 Å². The van der Waals surface area contributed by atoms with E-state index in [2.05, 4.69) is 10.3 Å². The number of H-pyrrole nitrogens is 1. The number of carbonyl (C=O) groups excluding carboxylic acids is 1. The van der Waals surface area contributed by atoms with Crippen molar-refractivity contribution in [3.63, 3.8) is 0 Å². The Morgan fingerprint density at radius 3 is 2.78 bits per heavy atom. The second-order valence-electron chi connectivity index (χ2n) is 4.65. The fraction of sp³-hybridized carbons (Fsp3) is 0.538. The third kappa shape index (κ3) is 2.75. The van der Waals surface area contributed by atoms with Gasteiger partial charge in [-0.05, 0) is 25.3 Å². The summed E-state index contributed by atoms with van der Waals surface area (Å²) in [6, 6.07) is 1.66. The summed E-state index contributed by atoms with van der Waals surface area (Å²) in [6.45, 7) is 1.90. The Morgan fingerprint density at radius 2 is 2.17 bits per heavy atom. The topological polar surface area (TPSA) is 62.0 Å². The van der Waals surface area contributed by atoms with Crippen LogP contribution in [0.25, 0.3) is 0 Å². The molecule has 1 aromatic rings. The van der Waals surface area contributed by atoms with Crippen LogP contribution in [-0.4, -0.2) is 16.9 Å². The summed E-state index contributed by atoms with van der Waals surface area (Å²) >= 11 is 6.01. The van der Waals surface area contributed by atoms with Gasteiger partial charge in [0.1, 0.15) is 5.56 Å². The van der Waals surface area contributed by atoms with Crippen molar-refractivity contribution in [2.24, 2.45) is 0 Å². The first-order chi connectivity index (χ1) is 8.61. The maximum absolute atomic E-state index is 12.0. The Labute approximate surface area is 111 Å². The molecular weight excluding hydrogens is 252 g/mol. The van der Waals surface area contributed by atoms with Crippen LogP contribution in [0.5, 0.6) is 0 Å². The molecule has 18 heavy (non-hydrogen) atoms. The Balaban J connectivity index is 2.19. The van der Waals surface area contributed by atoms with Crippen molar-refractivity contribution in [1.29, 1.82) is 0 Å². The van der Waals surface area contributed by atoms with Crippen LogP contribution >= 0.6 is 11.6 Å². The number of aryl methyl sites for hydroxylation is 1. The average molecular weight is 269 g/mol. The van der Waals surface area contributed by atoms with Crippen LogP contribution in [0.2, 0.25) is 5.02 Å². The second kappa shape index (κ2) is 5.57. The first-order valence-corrected chi connectivity index (χ1v) is 6.72. The normalized spacial score (nSPS) is 15.9. The molecule has 2 rings (SSSR count). The van der Waals surface area contributed by atoms with Gasteiger partial charge in [-0.25, -0.2) is 0 Å². The molecule has 0 aliphatic heterocycles. The smallest absolute Gasteiger partial charge is 0.261 e. The van der Waals surface area contributed by atoms with Gasteiger partial charge in [0.25, 0.3) is 11.5 Å². The lowest BCUT2D eigenvalue weighted by Gasteiger charge is -2.12. The van der Waals surface area contributed by atoms with Crippen molar-refractivity contribution in [3.05, 3.63) is 32.7 Å². The van der Waals surface area contributed by atoms with E-state index in [4.69, 9.17) is 11.6 Å². The summed E-state index contributed by atoms with van der Waals surface area (Å²) in [6.07, 6.45) is 4.89. The van der Waals surface area contributed by atoms with Crippen molar-refractivity contribution in [2.75, 3.05) is 0 Å². The minimum Gasteiger partial charge on any atom is -0.349 e. The van der Waals surface area contributed by atoms with Gasteiger partial charge < -0.3 is 10.3 Å². The van der Waals surface area contributed by atoms with Crippen molar-refractivity contribution < 1.29 is 4.79 Å². The standard InChI is InChI=1S/C13H17ClN2O2/c1-2-11-10(14)7-9(13(18)16-11)12(17)15-8-5-3-4-6-8/h7-8H,2-6H2,1H3,(H,15,17)(H,16,18). The Bertz CT molecular complexity index is 504. The Kier molecular flexibility index (Phi) is 4.07. The zero-order valence-corrected chi connectivity index (χ0v) is 11.1. The summed E-state index contributed by atoms with van der Waals surface area (Å²) in [5, 5.41) is 3.32. The molecule has 1 amide bonds. The predicted octanol–water partition coefficient (Wildman–Crippen LogP) is 2.26. The molecule has 0 aromatic carbocycles. The fourth-order valence-electron chi connectivity index (χ4n) is 2.30. The molecule has 0 spiro atoms. The third-order valence-electron chi connectivity index (χ3n) is 3.36. The first-order valence-electron chi connectivity index (χ1n) is 6.34. The van der Waals surface area contributed by atoms with E-state index in [0.717, 1.165) is 25.7 Å². The second-order valence-corrected chi connectivity index (χ2v) is 5.05. The van der Waals surface area contributed by atoms with E-state index in [1.807, 2.05) is 6.92 Å². The zero-order valence-electron chi connectivity index (χ0n) is 10.4. The van der Waals surface area contributed by atoms with Crippen LogP contribution < -0.4 is 10.9 Å². The SMILES string of the molecule is CCc1[nH]c(=O)c(C(=O)NC2CCCC2)cc1Cl. The summed E-state index contributed by atoms with van der Waals surface area (Å²) < 4.78 is 0. The van der Waals surface area contributed by atoms with E-state index in [-0.39, 0.29) is 23.1 Å². The molecular formula is C13H17ClN2O2. The summed E-state index contributed by atoms with van der Waals surface area (Å²) in [5.41, 5.74) is 0.398. The number of aromatic amines is 1. The number of rotatable bonds is 3. The number of nitrogens with one attached hydrogen (secondary N) is 2. The van der Waals surface area contributed by atoms with Crippen molar-refractivity contribution in [3.8, 4) is 0 Å². The molecule has 0 atom stereocenters. The number of carbonyl (C=O) groups is 1. The van der Waals surface area contributed by atoms with E-state index in [1.165, 1.54) is 6.07 Å². The monoisotopic (exact) mass is 268 g/mol. The van der Waals surface area contributed by atoms with Crippen LogP contribution in [-0.2, 0) is 6.42 Å². The molecule has 5 heteroatoms. The number of halogens is 1. The first kappa shape index (κ1) is 13.1. The summed E-state index contributed by atoms with van der Waals surface area (Å²) in [7, 11) is 0. The van der Waals surface area contributed by atoms with Crippen molar-refractivity contribution >= 4 is 17.5 Å². The third-order valence-corrected chi connectivity index (χ3v) is 3.69.